The molecule has 1 fully saturated rings. The molecule has 1 heterocycles. The molecule has 2 aromatic rings. The SMILES string of the molecule is C[C@H](NC(=O)C=Cc1ccc(F)cc1)c1cccc(N2CCOC(CO)C2)c1. The van der Waals surface area contributed by atoms with Crippen molar-refractivity contribution in [3.05, 3.63) is 71.6 Å². The van der Waals surface area contributed by atoms with Gasteiger partial charge in [-0.05, 0) is 48.4 Å². The molecular weight excluding hydrogens is 359 g/mol. The lowest BCUT2D eigenvalue weighted by molar-refractivity contribution is -0.117. The van der Waals surface area contributed by atoms with Crippen LogP contribution in [0.2, 0.25) is 0 Å². The normalized spacial score (nSPS) is 18.2. The molecule has 6 heteroatoms. The summed E-state index contributed by atoms with van der Waals surface area (Å²) >= 11 is 0. The first-order valence-corrected chi connectivity index (χ1v) is 9.36. The van der Waals surface area contributed by atoms with Gasteiger partial charge in [0, 0.05) is 24.9 Å². The summed E-state index contributed by atoms with van der Waals surface area (Å²) in [6.07, 6.45) is 2.92. The lowest BCUT2D eigenvalue weighted by Crippen LogP contribution is -2.44. The van der Waals surface area contributed by atoms with Crippen LogP contribution >= 0.6 is 0 Å². The molecule has 1 saturated heterocycles. The number of halogens is 1. The van der Waals surface area contributed by atoms with Crippen LogP contribution in [0.25, 0.3) is 6.08 Å². The Labute approximate surface area is 164 Å². The monoisotopic (exact) mass is 384 g/mol. The Kier molecular flexibility index (Phi) is 6.79. The quantitative estimate of drug-likeness (QED) is 0.752. The summed E-state index contributed by atoms with van der Waals surface area (Å²) in [5, 5.41) is 12.3. The number of ether oxygens (including phenoxy) is 1. The van der Waals surface area contributed by atoms with Crippen LogP contribution in [0.15, 0.2) is 54.6 Å². The summed E-state index contributed by atoms with van der Waals surface area (Å²) in [7, 11) is 0. The van der Waals surface area contributed by atoms with Gasteiger partial charge in [0.25, 0.3) is 0 Å². The Morgan fingerprint density at radius 3 is 2.89 bits per heavy atom. The maximum absolute atomic E-state index is 12.9. The third-order valence-electron chi connectivity index (χ3n) is 4.73. The van der Waals surface area contributed by atoms with E-state index in [-0.39, 0.29) is 30.5 Å². The minimum absolute atomic E-state index is 0.00302. The molecule has 28 heavy (non-hydrogen) atoms. The van der Waals surface area contributed by atoms with Gasteiger partial charge in [-0.3, -0.25) is 4.79 Å². The van der Waals surface area contributed by atoms with E-state index in [0.29, 0.717) is 13.2 Å². The van der Waals surface area contributed by atoms with E-state index >= 15 is 0 Å². The Bertz CT molecular complexity index is 823. The summed E-state index contributed by atoms with van der Waals surface area (Å²) in [6, 6.07) is 13.8. The van der Waals surface area contributed by atoms with Crippen LogP contribution in [0.4, 0.5) is 10.1 Å². The maximum Gasteiger partial charge on any atom is 0.244 e. The lowest BCUT2D eigenvalue weighted by atomic mass is 10.1. The fourth-order valence-corrected chi connectivity index (χ4v) is 3.15. The van der Waals surface area contributed by atoms with Gasteiger partial charge in [0.05, 0.1) is 25.4 Å². The predicted octanol–water partition coefficient (Wildman–Crippen LogP) is 2.91. The molecule has 0 aliphatic carbocycles. The maximum atomic E-state index is 12.9. The molecule has 1 aliphatic heterocycles. The second kappa shape index (κ2) is 9.48. The van der Waals surface area contributed by atoms with Gasteiger partial charge in [-0.1, -0.05) is 24.3 Å². The molecule has 148 valence electrons. The third kappa shape index (κ3) is 5.41. The van der Waals surface area contributed by atoms with Crippen molar-refractivity contribution >= 4 is 17.7 Å². The summed E-state index contributed by atoms with van der Waals surface area (Å²) in [4.78, 5) is 14.4. The molecule has 1 aliphatic rings. The molecule has 5 nitrogen and oxygen atoms in total. The Hall–Kier alpha value is -2.70. The van der Waals surface area contributed by atoms with Crippen molar-refractivity contribution in [1.29, 1.82) is 0 Å². The van der Waals surface area contributed by atoms with Crippen molar-refractivity contribution in [2.24, 2.45) is 0 Å². The minimum atomic E-state index is -0.305. The van der Waals surface area contributed by atoms with Crippen molar-refractivity contribution in [3.63, 3.8) is 0 Å². The standard InChI is InChI=1S/C22H25FN2O3/c1-16(24-22(27)10-7-17-5-8-19(23)9-6-17)18-3-2-4-20(13-18)25-11-12-28-21(14-25)15-26/h2-10,13,16,21,26H,11-12,14-15H2,1H3,(H,24,27)/t16-,21?/m0/s1. The highest BCUT2D eigenvalue weighted by Crippen LogP contribution is 2.22. The van der Waals surface area contributed by atoms with E-state index in [1.54, 1.807) is 18.2 Å². The van der Waals surface area contributed by atoms with Crippen molar-refractivity contribution in [2.75, 3.05) is 31.2 Å². The lowest BCUT2D eigenvalue weighted by Gasteiger charge is -2.34. The molecule has 0 radical (unpaired) electrons. The fraction of sp³-hybridized carbons (Fsp3) is 0.318. The summed E-state index contributed by atoms with van der Waals surface area (Å²) in [5.74, 6) is -0.519. The Morgan fingerprint density at radius 2 is 2.14 bits per heavy atom. The molecule has 2 aromatic carbocycles. The smallest absolute Gasteiger partial charge is 0.244 e. The van der Waals surface area contributed by atoms with Gasteiger partial charge in [0.2, 0.25) is 5.91 Å². The number of aliphatic hydroxyl groups is 1. The van der Waals surface area contributed by atoms with E-state index in [4.69, 9.17) is 4.74 Å². The number of nitrogens with zero attached hydrogens (tertiary/aromatic N) is 1. The van der Waals surface area contributed by atoms with Crippen molar-refractivity contribution < 1.29 is 19.0 Å². The predicted molar refractivity (Wildman–Crippen MR) is 107 cm³/mol. The first-order chi connectivity index (χ1) is 13.5. The van der Waals surface area contributed by atoms with Crippen LogP contribution in [0.3, 0.4) is 0 Å². The fourth-order valence-electron chi connectivity index (χ4n) is 3.15. The van der Waals surface area contributed by atoms with Gasteiger partial charge in [0.15, 0.2) is 0 Å². The van der Waals surface area contributed by atoms with E-state index in [1.807, 2.05) is 31.2 Å². The molecule has 0 aromatic heterocycles. The number of carbonyl (C=O) groups excluding carboxylic acids is 1. The van der Waals surface area contributed by atoms with Gasteiger partial charge < -0.3 is 20.1 Å². The Balaban J connectivity index is 1.61. The van der Waals surface area contributed by atoms with Gasteiger partial charge in [-0.25, -0.2) is 4.39 Å². The van der Waals surface area contributed by atoms with E-state index in [0.717, 1.165) is 23.4 Å². The number of nitrogens with one attached hydrogen (secondary N) is 1. The van der Waals surface area contributed by atoms with Crippen LogP contribution in [0.5, 0.6) is 0 Å². The van der Waals surface area contributed by atoms with E-state index in [2.05, 4.69) is 10.2 Å². The van der Waals surface area contributed by atoms with Gasteiger partial charge in [-0.2, -0.15) is 0 Å². The van der Waals surface area contributed by atoms with Crippen molar-refractivity contribution in [2.45, 2.75) is 19.1 Å². The van der Waals surface area contributed by atoms with E-state index in [1.165, 1.54) is 18.2 Å². The van der Waals surface area contributed by atoms with E-state index in [9.17, 15) is 14.3 Å². The number of hydrogen-bond acceptors (Lipinski definition) is 4. The number of carbonyl (C=O) groups is 1. The molecule has 1 amide bonds. The van der Waals surface area contributed by atoms with Crippen molar-refractivity contribution in [1.82, 2.24) is 5.32 Å². The van der Waals surface area contributed by atoms with Gasteiger partial charge in [-0.15, -0.1) is 0 Å². The second-order valence-electron chi connectivity index (χ2n) is 6.83. The molecule has 2 N–H and O–H groups in total. The zero-order chi connectivity index (χ0) is 19.9. The highest BCUT2D eigenvalue weighted by molar-refractivity contribution is 5.92. The highest BCUT2D eigenvalue weighted by Gasteiger charge is 2.20. The Morgan fingerprint density at radius 1 is 1.36 bits per heavy atom. The number of morpholine rings is 1. The number of anilines is 1. The average molecular weight is 384 g/mol. The molecule has 1 unspecified atom stereocenters. The molecule has 2 atom stereocenters. The molecule has 3 rings (SSSR count). The number of benzene rings is 2. The minimum Gasteiger partial charge on any atom is -0.394 e. The van der Waals surface area contributed by atoms with E-state index < -0.39 is 0 Å². The number of amides is 1. The third-order valence-corrected chi connectivity index (χ3v) is 4.73. The highest BCUT2D eigenvalue weighted by atomic mass is 19.1. The van der Waals surface area contributed by atoms with Crippen molar-refractivity contribution in [3.8, 4) is 0 Å². The first kappa shape index (κ1) is 20.0. The zero-order valence-electron chi connectivity index (χ0n) is 15.8. The van der Waals surface area contributed by atoms with Crippen LogP contribution in [0, 0.1) is 5.82 Å². The molecule has 0 spiro atoms. The summed E-state index contributed by atoms with van der Waals surface area (Å²) in [5.41, 5.74) is 2.80. The first-order valence-electron chi connectivity index (χ1n) is 9.36. The van der Waals surface area contributed by atoms with Crippen LogP contribution in [-0.2, 0) is 9.53 Å². The zero-order valence-corrected chi connectivity index (χ0v) is 15.8. The number of rotatable bonds is 6. The molecule has 0 bridgehead atoms. The van der Waals surface area contributed by atoms with Crippen LogP contribution < -0.4 is 10.2 Å². The summed E-state index contributed by atoms with van der Waals surface area (Å²) < 4.78 is 18.4. The van der Waals surface area contributed by atoms with Gasteiger partial charge >= 0.3 is 0 Å². The van der Waals surface area contributed by atoms with Crippen LogP contribution in [-0.4, -0.2) is 43.4 Å². The largest absolute Gasteiger partial charge is 0.394 e. The van der Waals surface area contributed by atoms with Crippen LogP contribution in [0.1, 0.15) is 24.1 Å². The van der Waals surface area contributed by atoms with Gasteiger partial charge in [0.1, 0.15) is 5.82 Å². The number of hydrogen-bond donors (Lipinski definition) is 2. The molecular formula is C22H25FN2O3. The topological polar surface area (TPSA) is 61.8 Å². The average Bonchev–Trinajstić information content (AvgIpc) is 2.73. The number of aliphatic hydroxyl groups excluding tert-OH is 1. The second-order valence-corrected chi connectivity index (χ2v) is 6.83. The summed E-state index contributed by atoms with van der Waals surface area (Å²) in [6.45, 7) is 3.92. The molecule has 0 saturated carbocycles.